The molecule has 1 aromatic heterocycles. The van der Waals surface area contributed by atoms with Crippen LogP contribution < -0.4 is 5.32 Å². The van der Waals surface area contributed by atoms with Gasteiger partial charge in [0, 0.05) is 17.4 Å². The fraction of sp³-hybridized carbons (Fsp3) is 0.765. The highest BCUT2D eigenvalue weighted by atomic mass is 32.2. The second kappa shape index (κ2) is 8.14. The van der Waals surface area contributed by atoms with Crippen LogP contribution in [0, 0.1) is 0 Å². The summed E-state index contributed by atoms with van der Waals surface area (Å²) >= 11 is 2.02. The lowest BCUT2D eigenvalue weighted by molar-refractivity contribution is 0.585. The van der Waals surface area contributed by atoms with Gasteiger partial charge in [-0.25, -0.2) is 9.97 Å². The standard InChI is InChI=1S/C17H29N3S/c1-5-14-13(9-10-18-12(3)4)15(6-2)20-17(19-14)16-8-7-11-21-16/h12,16,18H,5-11H2,1-4H3. The van der Waals surface area contributed by atoms with E-state index in [1.54, 1.807) is 0 Å². The van der Waals surface area contributed by atoms with Crippen LogP contribution in [0.4, 0.5) is 0 Å². The molecule has 0 saturated carbocycles. The minimum atomic E-state index is 0.531. The van der Waals surface area contributed by atoms with Crippen LogP contribution in [0.15, 0.2) is 0 Å². The van der Waals surface area contributed by atoms with E-state index in [1.165, 1.54) is 35.5 Å². The van der Waals surface area contributed by atoms with Crippen molar-refractivity contribution in [2.75, 3.05) is 12.3 Å². The molecule has 1 N–H and O–H groups in total. The van der Waals surface area contributed by atoms with Crippen molar-refractivity contribution < 1.29 is 0 Å². The maximum Gasteiger partial charge on any atom is 0.141 e. The van der Waals surface area contributed by atoms with Crippen molar-refractivity contribution >= 4 is 11.8 Å². The molecule has 0 radical (unpaired) electrons. The molecule has 3 nitrogen and oxygen atoms in total. The number of hydrogen-bond acceptors (Lipinski definition) is 4. The lowest BCUT2D eigenvalue weighted by Gasteiger charge is -2.17. The van der Waals surface area contributed by atoms with E-state index in [-0.39, 0.29) is 0 Å². The molecule has 1 unspecified atom stereocenters. The Labute approximate surface area is 133 Å². The molecule has 0 aliphatic carbocycles. The lowest BCUT2D eigenvalue weighted by atomic mass is 10.0. The van der Waals surface area contributed by atoms with Crippen LogP contribution in [-0.4, -0.2) is 28.3 Å². The van der Waals surface area contributed by atoms with Crippen molar-refractivity contribution in [3.63, 3.8) is 0 Å². The summed E-state index contributed by atoms with van der Waals surface area (Å²) in [4.78, 5) is 9.84. The third-order valence-electron chi connectivity index (χ3n) is 4.01. The third kappa shape index (κ3) is 4.43. The molecule has 0 spiro atoms. The number of nitrogens with one attached hydrogen (secondary N) is 1. The van der Waals surface area contributed by atoms with Crippen LogP contribution in [0.1, 0.15) is 68.6 Å². The van der Waals surface area contributed by atoms with Crippen LogP contribution >= 0.6 is 11.8 Å². The van der Waals surface area contributed by atoms with Gasteiger partial charge in [-0.15, -0.1) is 0 Å². The van der Waals surface area contributed by atoms with Gasteiger partial charge in [0.2, 0.25) is 0 Å². The first-order valence-electron chi connectivity index (χ1n) is 8.39. The summed E-state index contributed by atoms with van der Waals surface area (Å²) in [5.41, 5.74) is 3.93. The molecule has 1 saturated heterocycles. The molecule has 21 heavy (non-hydrogen) atoms. The molecule has 1 atom stereocenters. The fourth-order valence-electron chi connectivity index (χ4n) is 2.89. The average Bonchev–Trinajstić information content (AvgIpc) is 3.00. The van der Waals surface area contributed by atoms with Gasteiger partial charge in [0.15, 0.2) is 0 Å². The Bertz CT molecular complexity index is 428. The van der Waals surface area contributed by atoms with Crippen molar-refractivity contribution in [1.82, 2.24) is 15.3 Å². The maximum atomic E-state index is 4.92. The van der Waals surface area contributed by atoms with E-state index in [0.717, 1.165) is 31.6 Å². The summed E-state index contributed by atoms with van der Waals surface area (Å²) in [5.74, 6) is 2.35. The normalized spacial score (nSPS) is 18.6. The molecule has 1 aliphatic heterocycles. The van der Waals surface area contributed by atoms with Crippen LogP contribution in [0.3, 0.4) is 0 Å². The Morgan fingerprint density at radius 1 is 1.19 bits per heavy atom. The molecule has 0 amide bonds. The zero-order valence-electron chi connectivity index (χ0n) is 13.9. The number of aryl methyl sites for hydroxylation is 2. The first kappa shape index (κ1) is 16.8. The summed E-state index contributed by atoms with van der Waals surface area (Å²) in [6, 6.07) is 0.537. The van der Waals surface area contributed by atoms with E-state index in [1.807, 2.05) is 11.8 Å². The van der Waals surface area contributed by atoms with Gasteiger partial charge in [-0.05, 0) is 50.0 Å². The monoisotopic (exact) mass is 307 g/mol. The van der Waals surface area contributed by atoms with E-state index >= 15 is 0 Å². The summed E-state index contributed by atoms with van der Waals surface area (Å²) in [7, 11) is 0. The number of rotatable bonds is 7. The first-order chi connectivity index (χ1) is 10.2. The number of thioether (sulfide) groups is 1. The van der Waals surface area contributed by atoms with Crippen molar-refractivity contribution in [3.8, 4) is 0 Å². The summed E-state index contributed by atoms with van der Waals surface area (Å²) in [6.45, 7) is 9.83. The number of aromatic nitrogens is 2. The van der Waals surface area contributed by atoms with Crippen LogP contribution in [0.25, 0.3) is 0 Å². The third-order valence-corrected chi connectivity index (χ3v) is 5.38. The molecule has 0 bridgehead atoms. The highest BCUT2D eigenvalue weighted by Crippen LogP contribution is 2.38. The van der Waals surface area contributed by atoms with Crippen molar-refractivity contribution in [2.45, 2.75) is 71.1 Å². The van der Waals surface area contributed by atoms with Gasteiger partial charge >= 0.3 is 0 Å². The quantitative estimate of drug-likeness (QED) is 0.833. The fourth-order valence-corrected chi connectivity index (χ4v) is 4.09. The molecule has 1 aromatic rings. The number of nitrogens with zero attached hydrogens (tertiary/aromatic N) is 2. The minimum absolute atomic E-state index is 0.531. The Kier molecular flexibility index (Phi) is 6.49. The highest BCUT2D eigenvalue weighted by molar-refractivity contribution is 7.99. The molecule has 2 heterocycles. The first-order valence-corrected chi connectivity index (χ1v) is 9.44. The van der Waals surface area contributed by atoms with Gasteiger partial charge in [-0.2, -0.15) is 11.8 Å². The molecular formula is C17H29N3S. The molecule has 1 aliphatic rings. The van der Waals surface area contributed by atoms with E-state index in [2.05, 4.69) is 33.0 Å². The predicted octanol–water partition coefficient (Wildman–Crippen LogP) is 3.71. The zero-order chi connectivity index (χ0) is 15.2. The Morgan fingerprint density at radius 3 is 2.33 bits per heavy atom. The SMILES string of the molecule is CCc1nc(C2CCCS2)nc(CC)c1CCNC(C)C. The van der Waals surface area contributed by atoms with Gasteiger partial charge in [-0.1, -0.05) is 27.7 Å². The maximum absolute atomic E-state index is 4.92. The van der Waals surface area contributed by atoms with E-state index in [9.17, 15) is 0 Å². The van der Waals surface area contributed by atoms with Gasteiger partial charge in [0.25, 0.3) is 0 Å². The van der Waals surface area contributed by atoms with Gasteiger partial charge in [0.05, 0.1) is 5.25 Å². The summed E-state index contributed by atoms with van der Waals surface area (Å²) in [5, 5.41) is 4.04. The summed E-state index contributed by atoms with van der Waals surface area (Å²) < 4.78 is 0. The van der Waals surface area contributed by atoms with E-state index in [0.29, 0.717) is 11.3 Å². The minimum Gasteiger partial charge on any atom is -0.314 e. The second-order valence-corrected chi connectivity index (χ2v) is 7.33. The lowest BCUT2D eigenvalue weighted by Crippen LogP contribution is -2.26. The Morgan fingerprint density at radius 2 is 1.86 bits per heavy atom. The van der Waals surface area contributed by atoms with E-state index in [4.69, 9.17) is 9.97 Å². The molecule has 118 valence electrons. The van der Waals surface area contributed by atoms with Crippen molar-refractivity contribution in [3.05, 3.63) is 22.8 Å². The Hall–Kier alpha value is -0.610. The molecule has 2 rings (SSSR count). The smallest absolute Gasteiger partial charge is 0.141 e. The van der Waals surface area contributed by atoms with Crippen LogP contribution in [0.2, 0.25) is 0 Å². The summed E-state index contributed by atoms with van der Waals surface area (Å²) in [6.07, 6.45) is 5.61. The topological polar surface area (TPSA) is 37.8 Å². The van der Waals surface area contributed by atoms with Gasteiger partial charge in [-0.3, -0.25) is 0 Å². The second-order valence-electron chi connectivity index (χ2n) is 6.02. The van der Waals surface area contributed by atoms with Gasteiger partial charge in [0.1, 0.15) is 5.82 Å². The largest absolute Gasteiger partial charge is 0.314 e. The van der Waals surface area contributed by atoms with Crippen molar-refractivity contribution in [2.24, 2.45) is 0 Å². The van der Waals surface area contributed by atoms with Crippen LogP contribution in [0.5, 0.6) is 0 Å². The predicted molar refractivity (Wildman–Crippen MR) is 92.1 cm³/mol. The highest BCUT2D eigenvalue weighted by Gasteiger charge is 2.22. The molecular weight excluding hydrogens is 278 g/mol. The molecule has 0 aromatic carbocycles. The molecule has 4 heteroatoms. The Balaban J connectivity index is 2.21. The van der Waals surface area contributed by atoms with Gasteiger partial charge < -0.3 is 5.32 Å². The molecule has 1 fully saturated rings. The average molecular weight is 308 g/mol. The van der Waals surface area contributed by atoms with Crippen LogP contribution in [-0.2, 0) is 19.3 Å². The zero-order valence-corrected chi connectivity index (χ0v) is 14.7. The van der Waals surface area contributed by atoms with E-state index < -0.39 is 0 Å². The van der Waals surface area contributed by atoms with Crippen molar-refractivity contribution in [1.29, 1.82) is 0 Å². The number of hydrogen-bond donors (Lipinski definition) is 1.